The van der Waals surface area contributed by atoms with Gasteiger partial charge in [-0.15, -0.1) is 0 Å². The van der Waals surface area contributed by atoms with E-state index in [9.17, 15) is 19.5 Å². The fourth-order valence-corrected chi connectivity index (χ4v) is 4.01. The van der Waals surface area contributed by atoms with Crippen LogP contribution in [0.3, 0.4) is 0 Å². The summed E-state index contributed by atoms with van der Waals surface area (Å²) in [4.78, 5) is 39.5. The van der Waals surface area contributed by atoms with E-state index in [1.165, 1.54) is 12.4 Å². The zero-order valence-corrected chi connectivity index (χ0v) is 12.6. The molecule has 7 nitrogen and oxygen atoms in total. The number of hydrogen-bond acceptors (Lipinski definition) is 4. The van der Waals surface area contributed by atoms with Crippen LogP contribution in [0.5, 0.6) is 0 Å². The highest BCUT2D eigenvalue weighted by molar-refractivity contribution is 5.95. The second-order valence-corrected chi connectivity index (χ2v) is 6.22. The van der Waals surface area contributed by atoms with Gasteiger partial charge < -0.3 is 5.11 Å². The van der Waals surface area contributed by atoms with E-state index in [0.717, 1.165) is 19.3 Å². The molecule has 1 heterocycles. The minimum atomic E-state index is -0.821. The van der Waals surface area contributed by atoms with E-state index in [1.807, 2.05) is 0 Å². The Morgan fingerprint density at radius 3 is 2.35 bits per heavy atom. The summed E-state index contributed by atoms with van der Waals surface area (Å²) < 4.78 is 0. The topological polar surface area (TPSA) is 108 Å². The van der Waals surface area contributed by atoms with Crippen molar-refractivity contribution in [3.8, 4) is 0 Å². The van der Waals surface area contributed by atoms with E-state index in [1.54, 1.807) is 12.1 Å². The average molecular weight is 317 g/mol. The molecule has 0 radical (unpaired) electrons. The molecule has 0 aliphatic heterocycles. The summed E-state index contributed by atoms with van der Waals surface area (Å²) in [6.07, 6.45) is 6.05. The normalized spacial score (nSPS) is 28.9. The zero-order valence-electron chi connectivity index (χ0n) is 12.6. The second kappa shape index (κ2) is 6.36. The van der Waals surface area contributed by atoms with Crippen LogP contribution in [0, 0.1) is 23.7 Å². The molecule has 3 rings (SSSR count). The van der Waals surface area contributed by atoms with Gasteiger partial charge in [-0.05, 0) is 43.2 Å². The Balaban J connectivity index is 1.60. The van der Waals surface area contributed by atoms with Crippen molar-refractivity contribution in [2.45, 2.75) is 25.7 Å². The number of carbonyl (C=O) groups is 3. The number of aromatic nitrogens is 1. The summed E-state index contributed by atoms with van der Waals surface area (Å²) in [5.74, 6) is -2.15. The molecule has 1 aromatic rings. The first-order valence-corrected chi connectivity index (χ1v) is 7.81. The number of pyridine rings is 1. The lowest BCUT2D eigenvalue weighted by Crippen LogP contribution is -2.45. The minimum Gasteiger partial charge on any atom is -0.481 e. The molecule has 0 spiro atoms. The number of amides is 2. The molecule has 23 heavy (non-hydrogen) atoms. The number of nitrogens with one attached hydrogen (secondary N) is 2. The predicted octanol–water partition coefficient (Wildman–Crippen LogP) is 0.980. The molecule has 2 aliphatic rings. The van der Waals surface area contributed by atoms with Crippen LogP contribution in [0.15, 0.2) is 24.5 Å². The highest BCUT2D eigenvalue weighted by Crippen LogP contribution is 2.51. The van der Waals surface area contributed by atoms with Gasteiger partial charge in [0.05, 0.1) is 5.92 Å². The van der Waals surface area contributed by atoms with E-state index in [2.05, 4.69) is 15.8 Å². The molecule has 2 saturated carbocycles. The molecule has 0 unspecified atom stereocenters. The number of hydrazine groups is 1. The van der Waals surface area contributed by atoms with Crippen molar-refractivity contribution >= 4 is 17.8 Å². The van der Waals surface area contributed by atoms with E-state index in [-0.39, 0.29) is 23.7 Å². The monoisotopic (exact) mass is 317 g/mol. The van der Waals surface area contributed by atoms with Crippen LogP contribution in [-0.4, -0.2) is 27.9 Å². The quantitative estimate of drug-likeness (QED) is 0.720. The lowest BCUT2D eigenvalue weighted by Gasteiger charge is -2.18. The molecular weight excluding hydrogens is 298 g/mol. The molecule has 0 bridgehead atoms. The first-order chi connectivity index (χ1) is 11.1. The number of carbonyl (C=O) groups excluding carboxylic acids is 2. The van der Waals surface area contributed by atoms with Gasteiger partial charge in [0, 0.05) is 23.9 Å². The van der Waals surface area contributed by atoms with Crippen molar-refractivity contribution < 1.29 is 19.5 Å². The molecular formula is C16H19N3O4. The zero-order chi connectivity index (χ0) is 16.4. The third-order valence-corrected chi connectivity index (χ3v) is 5.06. The molecule has 4 atom stereocenters. The van der Waals surface area contributed by atoms with Crippen molar-refractivity contribution in [1.82, 2.24) is 15.8 Å². The smallest absolute Gasteiger partial charge is 0.306 e. The summed E-state index contributed by atoms with van der Waals surface area (Å²) in [7, 11) is 0. The molecule has 2 aliphatic carbocycles. The molecule has 0 aromatic carbocycles. The van der Waals surface area contributed by atoms with Crippen molar-refractivity contribution in [1.29, 1.82) is 0 Å². The van der Waals surface area contributed by atoms with Crippen LogP contribution in [0.4, 0.5) is 0 Å². The number of rotatable bonds is 3. The highest BCUT2D eigenvalue weighted by Gasteiger charge is 2.51. The molecule has 122 valence electrons. The Morgan fingerprint density at radius 2 is 1.70 bits per heavy atom. The largest absolute Gasteiger partial charge is 0.481 e. The molecule has 0 saturated heterocycles. The van der Waals surface area contributed by atoms with E-state index in [0.29, 0.717) is 12.0 Å². The van der Waals surface area contributed by atoms with E-state index >= 15 is 0 Å². The van der Waals surface area contributed by atoms with Gasteiger partial charge in [-0.3, -0.25) is 30.2 Å². The van der Waals surface area contributed by atoms with E-state index < -0.39 is 17.8 Å². The van der Waals surface area contributed by atoms with Crippen LogP contribution in [0.1, 0.15) is 36.0 Å². The number of hydrogen-bond donors (Lipinski definition) is 3. The van der Waals surface area contributed by atoms with Crippen LogP contribution >= 0.6 is 0 Å². The average Bonchev–Trinajstić information content (AvgIpc) is 3.15. The molecule has 1 aromatic heterocycles. The Kier molecular flexibility index (Phi) is 4.27. The maximum Gasteiger partial charge on any atom is 0.306 e. The number of nitrogens with zero attached hydrogens (tertiary/aromatic N) is 1. The Labute approximate surface area is 133 Å². The lowest BCUT2D eigenvalue weighted by molar-refractivity contribution is -0.143. The van der Waals surface area contributed by atoms with Crippen molar-refractivity contribution in [2.75, 3.05) is 0 Å². The molecule has 7 heteroatoms. The first kappa shape index (κ1) is 15.5. The van der Waals surface area contributed by atoms with Crippen LogP contribution in [-0.2, 0) is 9.59 Å². The summed E-state index contributed by atoms with van der Waals surface area (Å²) in [5.41, 5.74) is 5.23. The van der Waals surface area contributed by atoms with Crippen molar-refractivity contribution in [3.63, 3.8) is 0 Å². The standard InChI is InChI=1S/C16H19N3O4/c20-14(9-4-6-17-7-5-9)18-19-15(21)12-8-13(16(22)23)11-3-1-2-10(11)12/h4-7,10-13H,1-3,8H2,(H,18,20)(H,19,21)(H,22,23)/t10-,11+,12+,13-/m0/s1. The van der Waals surface area contributed by atoms with Gasteiger partial charge in [-0.25, -0.2) is 0 Å². The molecule has 2 amide bonds. The Bertz CT molecular complexity index is 619. The highest BCUT2D eigenvalue weighted by atomic mass is 16.4. The van der Waals surface area contributed by atoms with Crippen LogP contribution < -0.4 is 10.9 Å². The lowest BCUT2D eigenvalue weighted by atomic mass is 9.90. The van der Waals surface area contributed by atoms with Gasteiger partial charge in [-0.1, -0.05) is 6.42 Å². The number of carboxylic acids is 1. The van der Waals surface area contributed by atoms with Gasteiger partial charge >= 0.3 is 5.97 Å². The third-order valence-electron chi connectivity index (χ3n) is 5.06. The van der Waals surface area contributed by atoms with Crippen LogP contribution in [0.2, 0.25) is 0 Å². The number of fused-ring (bicyclic) bond motifs is 1. The van der Waals surface area contributed by atoms with Gasteiger partial charge in [-0.2, -0.15) is 0 Å². The number of aliphatic carboxylic acids is 1. The maximum atomic E-state index is 12.4. The van der Waals surface area contributed by atoms with Gasteiger partial charge in [0.25, 0.3) is 5.91 Å². The fourth-order valence-electron chi connectivity index (χ4n) is 4.01. The fraction of sp³-hybridized carbons (Fsp3) is 0.500. The summed E-state index contributed by atoms with van der Waals surface area (Å²) >= 11 is 0. The summed E-state index contributed by atoms with van der Waals surface area (Å²) in [6, 6.07) is 3.09. The summed E-state index contributed by atoms with van der Waals surface area (Å²) in [5, 5.41) is 9.32. The Hall–Kier alpha value is -2.44. The minimum absolute atomic E-state index is 0.0825. The number of carboxylic acid groups (broad SMARTS) is 1. The Morgan fingerprint density at radius 1 is 1.04 bits per heavy atom. The van der Waals surface area contributed by atoms with Crippen molar-refractivity contribution in [3.05, 3.63) is 30.1 Å². The molecule has 3 N–H and O–H groups in total. The van der Waals surface area contributed by atoms with Crippen molar-refractivity contribution in [2.24, 2.45) is 23.7 Å². The van der Waals surface area contributed by atoms with E-state index in [4.69, 9.17) is 0 Å². The van der Waals surface area contributed by atoms with Crippen LogP contribution in [0.25, 0.3) is 0 Å². The predicted molar refractivity (Wildman–Crippen MR) is 79.9 cm³/mol. The first-order valence-electron chi connectivity index (χ1n) is 7.81. The molecule has 2 fully saturated rings. The third kappa shape index (κ3) is 3.04. The second-order valence-electron chi connectivity index (χ2n) is 6.22. The maximum absolute atomic E-state index is 12.4. The van der Waals surface area contributed by atoms with Gasteiger partial charge in [0.15, 0.2) is 0 Å². The van der Waals surface area contributed by atoms with Gasteiger partial charge in [0.1, 0.15) is 0 Å². The van der Waals surface area contributed by atoms with Gasteiger partial charge in [0.2, 0.25) is 5.91 Å². The SMILES string of the molecule is O=C(NNC(=O)[C@@H]1C[C@H](C(=O)O)[C@@H]2CCC[C@@H]21)c1ccncc1. The summed E-state index contributed by atoms with van der Waals surface area (Å²) in [6.45, 7) is 0.